The summed E-state index contributed by atoms with van der Waals surface area (Å²) in [6, 6.07) is 10.1. The van der Waals surface area contributed by atoms with Crippen molar-refractivity contribution in [1.82, 2.24) is 9.21 Å². The van der Waals surface area contributed by atoms with Crippen LogP contribution in [0.2, 0.25) is 0 Å². The number of fused-ring (bicyclic) bond motifs is 1. The highest BCUT2D eigenvalue weighted by atomic mass is 32.2. The lowest BCUT2D eigenvalue weighted by Crippen LogP contribution is -2.50. The molecule has 0 bridgehead atoms. The van der Waals surface area contributed by atoms with Gasteiger partial charge >= 0.3 is 0 Å². The predicted molar refractivity (Wildman–Crippen MR) is 113 cm³/mol. The van der Waals surface area contributed by atoms with Gasteiger partial charge in [0.15, 0.2) is 5.76 Å². The van der Waals surface area contributed by atoms with E-state index in [0.717, 1.165) is 23.1 Å². The van der Waals surface area contributed by atoms with Crippen LogP contribution in [0.4, 0.5) is 4.39 Å². The fraction of sp³-hybridized carbons (Fsp3) is 0.318. The van der Waals surface area contributed by atoms with E-state index in [9.17, 15) is 17.6 Å². The molecule has 0 unspecified atom stereocenters. The summed E-state index contributed by atoms with van der Waals surface area (Å²) < 4.78 is 51.3. The van der Waals surface area contributed by atoms with Crippen LogP contribution in [0.25, 0.3) is 11.0 Å². The van der Waals surface area contributed by atoms with Crippen molar-refractivity contribution < 1.29 is 26.8 Å². The molecule has 0 atom stereocenters. The highest BCUT2D eigenvalue weighted by molar-refractivity contribution is 7.89. The lowest BCUT2D eigenvalue weighted by atomic mass is 10.1. The summed E-state index contributed by atoms with van der Waals surface area (Å²) >= 11 is 0. The zero-order valence-corrected chi connectivity index (χ0v) is 18.1. The molecule has 0 spiro atoms. The molecular weight excluding hydrogens is 423 g/mol. The Morgan fingerprint density at radius 2 is 1.77 bits per heavy atom. The number of halogens is 1. The Kier molecular flexibility index (Phi) is 5.72. The van der Waals surface area contributed by atoms with E-state index in [4.69, 9.17) is 9.15 Å². The first-order valence-corrected chi connectivity index (χ1v) is 11.5. The molecule has 0 aliphatic carbocycles. The van der Waals surface area contributed by atoms with Crippen LogP contribution >= 0.6 is 0 Å². The average molecular weight is 447 g/mol. The number of rotatable bonds is 5. The lowest BCUT2D eigenvalue weighted by Gasteiger charge is -2.33. The molecule has 9 heteroatoms. The minimum Gasteiger partial charge on any atom is -0.494 e. The molecule has 31 heavy (non-hydrogen) atoms. The van der Waals surface area contributed by atoms with Gasteiger partial charge in [-0.3, -0.25) is 4.79 Å². The number of aryl methyl sites for hydroxylation is 1. The predicted octanol–water partition coefficient (Wildman–Crippen LogP) is 3.43. The first-order valence-electron chi connectivity index (χ1n) is 10.0. The molecule has 2 aromatic carbocycles. The molecule has 1 fully saturated rings. The van der Waals surface area contributed by atoms with Crippen LogP contribution in [0, 0.1) is 12.7 Å². The standard InChI is InChI=1S/C22H23FN2O5S/c1-3-29-17-6-9-20-19(14-17)15(2)21(30-20)22(26)24-10-12-25(13-11-24)31(27,28)18-7-4-16(23)5-8-18/h4-9,14H,3,10-13H2,1-2H3. The third-order valence-electron chi connectivity index (χ3n) is 5.39. The Morgan fingerprint density at radius 1 is 1.10 bits per heavy atom. The molecule has 4 rings (SSSR count). The number of amides is 1. The van der Waals surface area contributed by atoms with Gasteiger partial charge in [0.05, 0.1) is 11.5 Å². The highest BCUT2D eigenvalue weighted by Gasteiger charge is 2.32. The van der Waals surface area contributed by atoms with Crippen molar-refractivity contribution >= 4 is 26.9 Å². The summed E-state index contributed by atoms with van der Waals surface area (Å²) in [7, 11) is -3.74. The molecule has 1 aromatic heterocycles. The SMILES string of the molecule is CCOc1ccc2oc(C(=O)N3CCN(S(=O)(=O)c4ccc(F)cc4)CC3)c(C)c2c1. The van der Waals surface area contributed by atoms with Gasteiger partial charge in [-0.05, 0) is 56.3 Å². The van der Waals surface area contributed by atoms with Crippen LogP contribution < -0.4 is 4.74 Å². The zero-order chi connectivity index (χ0) is 22.2. The van der Waals surface area contributed by atoms with Crippen molar-refractivity contribution in [3.05, 3.63) is 59.6 Å². The van der Waals surface area contributed by atoms with Gasteiger partial charge in [0, 0.05) is 37.1 Å². The van der Waals surface area contributed by atoms with Crippen LogP contribution in [-0.4, -0.2) is 56.3 Å². The van der Waals surface area contributed by atoms with Crippen molar-refractivity contribution in [2.75, 3.05) is 32.8 Å². The van der Waals surface area contributed by atoms with Gasteiger partial charge in [0.25, 0.3) is 5.91 Å². The maximum Gasteiger partial charge on any atom is 0.289 e. The summed E-state index contributed by atoms with van der Waals surface area (Å²) in [4.78, 5) is 14.7. The molecule has 1 aliphatic rings. The number of nitrogens with zero attached hydrogens (tertiary/aromatic N) is 2. The molecule has 1 aliphatic heterocycles. The van der Waals surface area contributed by atoms with Gasteiger partial charge in [-0.15, -0.1) is 0 Å². The van der Waals surface area contributed by atoms with Crippen LogP contribution in [-0.2, 0) is 10.0 Å². The van der Waals surface area contributed by atoms with Crippen molar-refractivity contribution in [3.8, 4) is 5.75 Å². The molecule has 0 N–H and O–H groups in total. The molecule has 3 aromatic rings. The summed E-state index contributed by atoms with van der Waals surface area (Å²) in [5.74, 6) is 0.186. The monoisotopic (exact) mass is 446 g/mol. The number of benzene rings is 2. The largest absolute Gasteiger partial charge is 0.494 e. The Bertz CT molecular complexity index is 1210. The highest BCUT2D eigenvalue weighted by Crippen LogP contribution is 2.30. The normalized spacial score (nSPS) is 15.4. The van der Waals surface area contributed by atoms with E-state index >= 15 is 0 Å². The van der Waals surface area contributed by atoms with Crippen molar-refractivity contribution in [3.63, 3.8) is 0 Å². The minimum absolute atomic E-state index is 0.0342. The van der Waals surface area contributed by atoms with Crippen LogP contribution in [0.15, 0.2) is 51.8 Å². The fourth-order valence-corrected chi connectivity index (χ4v) is 5.11. The fourth-order valence-electron chi connectivity index (χ4n) is 3.69. The van der Waals surface area contributed by atoms with E-state index in [2.05, 4.69) is 0 Å². The van der Waals surface area contributed by atoms with Crippen LogP contribution in [0.3, 0.4) is 0 Å². The van der Waals surface area contributed by atoms with Crippen molar-refractivity contribution in [2.45, 2.75) is 18.7 Å². The quantitative estimate of drug-likeness (QED) is 0.600. The van der Waals surface area contributed by atoms with Crippen LogP contribution in [0.1, 0.15) is 23.0 Å². The topological polar surface area (TPSA) is 80.1 Å². The molecule has 2 heterocycles. The molecule has 1 amide bonds. The average Bonchev–Trinajstić information content (AvgIpc) is 3.10. The lowest BCUT2D eigenvalue weighted by molar-refractivity contribution is 0.0667. The van der Waals surface area contributed by atoms with Gasteiger partial charge < -0.3 is 14.1 Å². The van der Waals surface area contributed by atoms with E-state index in [1.54, 1.807) is 17.0 Å². The van der Waals surface area contributed by atoms with E-state index in [0.29, 0.717) is 17.9 Å². The second kappa shape index (κ2) is 8.32. The molecule has 0 saturated carbocycles. The number of sulfonamides is 1. The maximum absolute atomic E-state index is 13.1. The number of furan rings is 1. The summed E-state index contributed by atoms with van der Waals surface area (Å²) in [6.45, 7) is 5.04. The minimum atomic E-state index is -3.74. The molecule has 164 valence electrons. The maximum atomic E-state index is 13.1. The molecule has 1 saturated heterocycles. The zero-order valence-electron chi connectivity index (χ0n) is 17.3. The summed E-state index contributed by atoms with van der Waals surface area (Å²) in [6.07, 6.45) is 0. The molecule has 7 nitrogen and oxygen atoms in total. The van der Waals surface area contributed by atoms with E-state index in [1.165, 1.54) is 16.4 Å². The van der Waals surface area contributed by atoms with E-state index in [-0.39, 0.29) is 42.7 Å². The molecular formula is C22H23FN2O5S. The number of ether oxygens (including phenoxy) is 1. The van der Waals surface area contributed by atoms with Crippen LogP contribution in [0.5, 0.6) is 5.75 Å². The van der Waals surface area contributed by atoms with E-state index in [1.807, 2.05) is 19.9 Å². The Morgan fingerprint density at radius 3 is 2.42 bits per heavy atom. The van der Waals surface area contributed by atoms with E-state index < -0.39 is 15.8 Å². The third-order valence-corrected chi connectivity index (χ3v) is 7.30. The third kappa shape index (κ3) is 4.03. The second-order valence-corrected chi connectivity index (χ2v) is 9.24. The van der Waals surface area contributed by atoms with Crippen molar-refractivity contribution in [2.24, 2.45) is 0 Å². The Hall–Kier alpha value is -2.91. The first-order chi connectivity index (χ1) is 14.8. The smallest absolute Gasteiger partial charge is 0.289 e. The molecule has 0 radical (unpaired) electrons. The number of hydrogen-bond acceptors (Lipinski definition) is 5. The number of carbonyl (C=O) groups is 1. The summed E-state index contributed by atoms with van der Waals surface area (Å²) in [5, 5.41) is 0.812. The first kappa shape index (κ1) is 21.3. The number of carbonyl (C=O) groups excluding carboxylic acids is 1. The Balaban J connectivity index is 1.49. The van der Waals surface area contributed by atoms with Gasteiger partial charge in [-0.25, -0.2) is 12.8 Å². The van der Waals surface area contributed by atoms with Gasteiger partial charge in [-0.1, -0.05) is 0 Å². The van der Waals surface area contributed by atoms with Gasteiger partial charge in [0.2, 0.25) is 10.0 Å². The second-order valence-electron chi connectivity index (χ2n) is 7.30. The Labute approximate surface area is 180 Å². The van der Waals surface area contributed by atoms with Crippen molar-refractivity contribution in [1.29, 1.82) is 0 Å². The van der Waals surface area contributed by atoms with Gasteiger partial charge in [0.1, 0.15) is 17.1 Å². The van der Waals surface area contributed by atoms with Gasteiger partial charge in [-0.2, -0.15) is 4.31 Å². The number of hydrogen-bond donors (Lipinski definition) is 0. The summed E-state index contributed by atoms with van der Waals surface area (Å²) in [5.41, 5.74) is 1.32. The number of piperazine rings is 1.